The number of halogens is 1. The number of nitriles is 1. The van der Waals surface area contributed by atoms with Crippen molar-refractivity contribution in [3.8, 4) is 6.07 Å². The lowest BCUT2D eigenvalue weighted by molar-refractivity contribution is 0.798. The van der Waals surface area contributed by atoms with Crippen LogP contribution >= 0.6 is 27.3 Å². The molecule has 76 valence electrons. The number of hydrogen-bond donors (Lipinski definition) is 0. The van der Waals surface area contributed by atoms with Crippen molar-refractivity contribution in [3.63, 3.8) is 0 Å². The summed E-state index contributed by atoms with van der Waals surface area (Å²) >= 11 is 4.94. The highest BCUT2D eigenvalue weighted by molar-refractivity contribution is 9.10. The van der Waals surface area contributed by atoms with E-state index >= 15 is 0 Å². The maximum atomic E-state index is 8.83. The molecule has 0 aliphatic heterocycles. The molecule has 1 rings (SSSR count). The van der Waals surface area contributed by atoms with E-state index in [1.54, 1.807) is 11.3 Å². The van der Waals surface area contributed by atoms with Crippen molar-refractivity contribution in [3.05, 3.63) is 15.4 Å². The molecule has 0 saturated heterocycles. The third-order valence-corrected chi connectivity index (χ3v) is 3.95. The van der Waals surface area contributed by atoms with Gasteiger partial charge in [0.15, 0.2) is 0 Å². The molecule has 0 saturated carbocycles. The van der Waals surface area contributed by atoms with Crippen molar-refractivity contribution in [2.75, 3.05) is 18.0 Å². The molecule has 0 bridgehead atoms. The van der Waals surface area contributed by atoms with E-state index in [0.717, 1.165) is 28.9 Å². The highest BCUT2D eigenvalue weighted by Crippen LogP contribution is 2.33. The fraction of sp³-hybridized carbons (Fsp3) is 0.500. The Hall–Kier alpha value is -0.530. The molecule has 0 fully saturated rings. The number of hydrogen-bond acceptors (Lipinski definition) is 3. The Bertz CT molecular complexity index is 340. The van der Waals surface area contributed by atoms with Gasteiger partial charge in [-0.25, -0.2) is 0 Å². The Labute approximate surface area is 97.3 Å². The molecule has 0 N–H and O–H groups in total. The van der Waals surface area contributed by atoms with Crippen LogP contribution in [0.4, 0.5) is 5.00 Å². The first-order valence-corrected chi connectivity index (χ1v) is 6.28. The Morgan fingerprint density at radius 1 is 1.57 bits per heavy atom. The number of rotatable bonds is 4. The van der Waals surface area contributed by atoms with E-state index in [2.05, 4.69) is 40.7 Å². The molecule has 2 nitrogen and oxygen atoms in total. The van der Waals surface area contributed by atoms with E-state index in [-0.39, 0.29) is 0 Å². The second-order valence-electron chi connectivity index (χ2n) is 2.95. The third kappa shape index (κ3) is 2.49. The van der Waals surface area contributed by atoms with E-state index < -0.39 is 0 Å². The fourth-order valence-electron chi connectivity index (χ4n) is 1.28. The van der Waals surface area contributed by atoms with Crippen LogP contribution in [0.25, 0.3) is 0 Å². The molecule has 1 heterocycles. The van der Waals surface area contributed by atoms with Crippen LogP contribution < -0.4 is 4.90 Å². The molecule has 0 aliphatic carbocycles. The van der Waals surface area contributed by atoms with Gasteiger partial charge in [0.05, 0.1) is 5.00 Å². The van der Waals surface area contributed by atoms with Crippen LogP contribution in [0.1, 0.15) is 25.1 Å². The van der Waals surface area contributed by atoms with Crippen molar-refractivity contribution in [1.82, 2.24) is 0 Å². The summed E-state index contributed by atoms with van der Waals surface area (Å²) in [6.07, 6.45) is 1.13. The molecule has 0 spiro atoms. The first kappa shape index (κ1) is 11.5. The van der Waals surface area contributed by atoms with Gasteiger partial charge in [0.1, 0.15) is 10.9 Å². The molecule has 4 heteroatoms. The molecule has 1 aromatic rings. The lowest BCUT2D eigenvalue weighted by Gasteiger charge is -2.19. The Morgan fingerprint density at radius 2 is 2.29 bits per heavy atom. The molecule has 0 radical (unpaired) electrons. The van der Waals surface area contributed by atoms with E-state index in [4.69, 9.17) is 5.26 Å². The molecule has 0 amide bonds. The van der Waals surface area contributed by atoms with E-state index in [9.17, 15) is 0 Å². The largest absolute Gasteiger partial charge is 0.364 e. The SMILES string of the molecule is CCCN(CC)c1cc(Br)c(C#N)s1. The number of thiophene rings is 1. The average Bonchev–Trinajstić information content (AvgIpc) is 2.56. The zero-order valence-electron chi connectivity index (χ0n) is 8.38. The molecule has 0 atom stereocenters. The summed E-state index contributed by atoms with van der Waals surface area (Å²) in [6.45, 7) is 6.34. The van der Waals surface area contributed by atoms with Gasteiger partial charge in [0, 0.05) is 17.6 Å². The lowest BCUT2D eigenvalue weighted by atomic mass is 10.4. The zero-order chi connectivity index (χ0) is 10.6. The van der Waals surface area contributed by atoms with Gasteiger partial charge in [-0.2, -0.15) is 5.26 Å². The maximum Gasteiger partial charge on any atom is 0.121 e. The van der Waals surface area contributed by atoms with Crippen LogP contribution in [0.3, 0.4) is 0 Å². The highest BCUT2D eigenvalue weighted by Gasteiger charge is 2.10. The van der Waals surface area contributed by atoms with E-state index in [1.165, 1.54) is 5.00 Å². The van der Waals surface area contributed by atoms with Crippen molar-refractivity contribution >= 4 is 32.3 Å². The van der Waals surface area contributed by atoms with Gasteiger partial charge in [0.25, 0.3) is 0 Å². The molecule has 14 heavy (non-hydrogen) atoms. The van der Waals surface area contributed by atoms with Gasteiger partial charge in [0.2, 0.25) is 0 Å². The third-order valence-electron chi connectivity index (χ3n) is 1.96. The second-order valence-corrected chi connectivity index (χ2v) is 4.84. The van der Waals surface area contributed by atoms with Crippen molar-refractivity contribution in [1.29, 1.82) is 5.26 Å². The van der Waals surface area contributed by atoms with Crippen molar-refractivity contribution in [2.45, 2.75) is 20.3 Å². The summed E-state index contributed by atoms with van der Waals surface area (Å²) in [5.41, 5.74) is 0. The van der Waals surface area contributed by atoms with Crippen LogP contribution in [-0.4, -0.2) is 13.1 Å². The molecule has 0 unspecified atom stereocenters. The Balaban J connectivity index is 2.89. The number of anilines is 1. The summed E-state index contributed by atoms with van der Waals surface area (Å²) in [7, 11) is 0. The minimum atomic E-state index is 0.759. The zero-order valence-corrected chi connectivity index (χ0v) is 10.8. The normalized spacial score (nSPS) is 9.86. The number of nitrogens with zero attached hydrogens (tertiary/aromatic N) is 2. The quantitative estimate of drug-likeness (QED) is 0.837. The Morgan fingerprint density at radius 3 is 2.71 bits per heavy atom. The average molecular weight is 273 g/mol. The van der Waals surface area contributed by atoms with Crippen LogP contribution in [0.2, 0.25) is 0 Å². The molecule has 0 aliphatic rings. The van der Waals surface area contributed by atoms with Crippen LogP contribution in [-0.2, 0) is 0 Å². The Kier molecular flexibility index (Phi) is 4.43. The van der Waals surface area contributed by atoms with Crippen LogP contribution in [0.5, 0.6) is 0 Å². The molecular formula is C10H13BrN2S. The van der Waals surface area contributed by atoms with Gasteiger partial charge >= 0.3 is 0 Å². The summed E-state index contributed by atoms with van der Waals surface area (Å²) in [5, 5.41) is 10.0. The van der Waals surface area contributed by atoms with Crippen molar-refractivity contribution in [2.24, 2.45) is 0 Å². The highest BCUT2D eigenvalue weighted by atomic mass is 79.9. The fourth-order valence-corrected chi connectivity index (χ4v) is 2.92. The van der Waals surface area contributed by atoms with Gasteiger partial charge in [-0.15, -0.1) is 11.3 Å². The first-order valence-electron chi connectivity index (χ1n) is 4.67. The summed E-state index contributed by atoms with van der Waals surface area (Å²) in [5.74, 6) is 0. The predicted octanol–water partition coefficient (Wildman–Crippen LogP) is 3.62. The van der Waals surface area contributed by atoms with Crippen molar-refractivity contribution < 1.29 is 0 Å². The van der Waals surface area contributed by atoms with Crippen LogP contribution in [0, 0.1) is 11.3 Å². The van der Waals surface area contributed by atoms with E-state index in [1.807, 2.05) is 6.07 Å². The minimum absolute atomic E-state index is 0.759. The topological polar surface area (TPSA) is 27.0 Å². The smallest absolute Gasteiger partial charge is 0.121 e. The second kappa shape index (κ2) is 5.38. The van der Waals surface area contributed by atoms with Gasteiger partial charge < -0.3 is 4.90 Å². The van der Waals surface area contributed by atoms with Gasteiger partial charge in [-0.1, -0.05) is 6.92 Å². The monoisotopic (exact) mass is 272 g/mol. The minimum Gasteiger partial charge on any atom is -0.364 e. The first-order chi connectivity index (χ1) is 6.72. The summed E-state index contributed by atoms with van der Waals surface area (Å²) in [6, 6.07) is 4.21. The maximum absolute atomic E-state index is 8.83. The molecule has 0 aromatic carbocycles. The predicted molar refractivity (Wildman–Crippen MR) is 64.9 cm³/mol. The van der Waals surface area contributed by atoms with Crippen LogP contribution in [0.15, 0.2) is 10.5 Å². The summed E-state index contributed by atoms with van der Waals surface area (Å²) in [4.78, 5) is 3.05. The standard InChI is InChI=1S/C10H13BrN2S/c1-3-5-13(4-2)10-6-8(11)9(7-12)14-10/h6H,3-5H2,1-2H3. The van der Waals surface area contributed by atoms with Gasteiger partial charge in [-0.3, -0.25) is 0 Å². The molecular weight excluding hydrogens is 260 g/mol. The van der Waals surface area contributed by atoms with Gasteiger partial charge in [-0.05, 0) is 35.3 Å². The summed E-state index contributed by atoms with van der Waals surface area (Å²) < 4.78 is 0.912. The van der Waals surface area contributed by atoms with E-state index in [0.29, 0.717) is 0 Å². The molecule has 1 aromatic heterocycles. The lowest BCUT2D eigenvalue weighted by Crippen LogP contribution is -2.22.